The van der Waals surface area contributed by atoms with Crippen LogP contribution in [-0.2, 0) is 19.6 Å². The SMILES string of the molecule is CCC1C2CNCC2CN1S(=O)(=O)CC(=O)OC. The number of ether oxygens (including phenoxy) is 1. The molecule has 0 aromatic rings. The van der Waals surface area contributed by atoms with Gasteiger partial charge in [-0.3, -0.25) is 4.79 Å². The molecule has 2 aliphatic rings. The highest BCUT2D eigenvalue weighted by Gasteiger charge is 2.48. The fraction of sp³-hybridized carbons (Fsp3) is 0.909. The predicted octanol–water partition coefficient (Wildman–Crippen LogP) is -0.581. The number of nitrogens with one attached hydrogen (secondary N) is 1. The molecule has 0 saturated carbocycles. The van der Waals surface area contributed by atoms with Crippen LogP contribution in [0.15, 0.2) is 0 Å². The Bertz CT molecular complexity index is 423. The van der Waals surface area contributed by atoms with Crippen LogP contribution in [0.4, 0.5) is 0 Å². The molecule has 7 heteroatoms. The summed E-state index contributed by atoms with van der Waals surface area (Å²) in [4.78, 5) is 11.2. The van der Waals surface area contributed by atoms with Crippen LogP contribution >= 0.6 is 0 Å². The number of carbonyl (C=O) groups excluding carboxylic acids is 1. The molecule has 0 aromatic carbocycles. The van der Waals surface area contributed by atoms with Crippen molar-refractivity contribution in [3.8, 4) is 0 Å². The number of carbonyl (C=O) groups is 1. The van der Waals surface area contributed by atoms with Gasteiger partial charge in [0.1, 0.15) is 0 Å². The minimum Gasteiger partial charge on any atom is -0.468 e. The van der Waals surface area contributed by atoms with E-state index < -0.39 is 21.7 Å². The molecule has 2 aliphatic heterocycles. The first-order valence-electron chi connectivity index (χ1n) is 6.26. The van der Waals surface area contributed by atoms with Crippen molar-refractivity contribution < 1.29 is 17.9 Å². The second-order valence-corrected chi connectivity index (χ2v) is 6.88. The lowest BCUT2D eigenvalue weighted by molar-refractivity contribution is -0.137. The first-order chi connectivity index (χ1) is 8.49. The quantitative estimate of drug-likeness (QED) is 0.695. The average Bonchev–Trinajstić information content (AvgIpc) is 2.87. The van der Waals surface area contributed by atoms with Gasteiger partial charge in [-0.15, -0.1) is 0 Å². The third-order valence-electron chi connectivity index (χ3n) is 3.97. The normalized spacial score (nSPS) is 32.4. The van der Waals surface area contributed by atoms with Crippen LogP contribution < -0.4 is 5.32 Å². The second kappa shape index (κ2) is 5.14. The standard InChI is InChI=1S/C11H20N2O4S/c1-3-10-9-5-12-4-8(9)6-13(10)18(15,16)7-11(14)17-2/h8-10,12H,3-7H2,1-2H3. The molecule has 0 radical (unpaired) electrons. The zero-order chi connectivity index (χ0) is 13.3. The molecule has 2 fully saturated rings. The monoisotopic (exact) mass is 276 g/mol. The van der Waals surface area contributed by atoms with Crippen molar-refractivity contribution in [3.63, 3.8) is 0 Å². The number of fused-ring (bicyclic) bond motifs is 1. The Hall–Kier alpha value is -0.660. The second-order valence-electron chi connectivity index (χ2n) is 4.96. The van der Waals surface area contributed by atoms with E-state index in [1.807, 2.05) is 6.92 Å². The summed E-state index contributed by atoms with van der Waals surface area (Å²) >= 11 is 0. The minimum absolute atomic E-state index is 0.0136. The molecule has 6 nitrogen and oxygen atoms in total. The number of nitrogens with zero attached hydrogens (tertiary/aromatic N) is 1. The highest BCUT2D eigenvalue weighted by Crippen LogP contribution is 2.36. The summed E-state index contributed by atoms with van der Waals surface area (Å²) in [5, 5.41) is 3.30. The maximum absolute atomic E-state index is 12.2. The Labute approximate surface area is 108 Å². The number of sulfonamides is 1. The molecule has 0 aliphatic carbocycles. The Kier molecular flexibility index (Phi) is 3.93. The van der Waals surface area contributed by atoms with Crippen LogP contribution in [0.3, 0.4) is 0 Å². The van der Waals surface area contributed by atoms with E-state index in [1.165, 1.54) is 11.4 Å². The van der Waals surface area contributed by atoms with Crippen LogP contribution in [0.5, 0.6) is 0 Å². The summed E-state index contributed by atoms with van der Waals surface area (Å²) in [7, 11) is -2.34. The zero-order valence-electron chi connectivity index (χ0n) is 10.8. The average molecular weight is 276 g/mol. The van der Waals surface area contributed by atoms with Crippen LogP contribution in [0, 0.1) is 11.8 Å². The van der Waals surface area contributed by atoms with Crippen molar-refractivity contribution in [2.24, 2.45) is 11.8 Å². The largest absolute Gasteiger partial charge is 0.468 e. The zero-order valence-corrected chi connectivity index (χ0v) is 11.6. The first-order valence-corrected chi connectivity index (χ1v) is 7.87. The predicted molar refractivity (Wildman–Crippen MR) is 66.4 cm³/mol. The molecule has 18 heavy (non-hydrogen) atoms. The molecule has 3 atom stereocenters. The number of rotatable bonds is 4. The fourth-order valence-electron chi connectivity index (χ4n) is 3.10. The van der Waals surface area contributed by atoms with Crippen molar-refractivity contribution in [2.45, 2.75) is 19.4 Å². The highest BCUT2D eigenvalue weighted by molar-refractivity contribution is 7.89. The number of hydrogen-bond donors (Lipinski definition) is 1. The van der Waals surface area contributed by atoms with Gasteiger partial charge in [0.2, 0.25) is 10.0 Å². The Morgan fingerprint density at radius 2 is 2.17 bits per heavy atom. The minimum atomic E-state index is -3.54. The van der Waals surface area contributed by atoms with E-state index in [4.69, 9.17) is 0 Å². The molecule has 0 aromatic heterocycles. The van der Waals surface area contributed by atoms with Crippen molar-refractivity contribution in [3.05, 3.63) is 0 Å². The molecular weight excluding hydrogens is 256 g/mol. The van der Waals surface area contributed by atoms with Gasteiger partial charge in [0.15, 0.2) is 5.75 Å². The molecule has 2 heterocycles. The lowest BCUT2D eigenvalue weighted by Gasteiger charge is -2.25. The van der Waals surface area contributed by atoms with Crippen molar-refractivity contribution in [1.82, 2.24) is 9.62 Å². The summed E-state index contributed by atoms with van der Waals surface area (Å²) in [6, 6.07) is 0.0136. The van der Waals surface area contributed by atoms with Gasteiger partial charge < -0.3 is 10.1 Å². The smallest absolute Gasteiger partial charge is 0.322 e. The van der Waals surface area contributed by atoms with Gasteiger partial charge in [0, 0.05) is 12.6 Å². The summed E-state index contributed by atoms with van der Waals surface area (Å²) in [5.41, 5.74) is 0. The van der Waals surface area contributed by atoms with Crippen LogP contribution in [0.1, 0.15) is 13.3 Å². The molecule has 104 valence electrons. The van der Waals surface area contributed by atoms with E-state index in [9.17, 15) is 13.2 Å². The molecule has 0 bridgehead atoms. The van der Waals surface area contributed by atoms with E-state index in [1.54, 1.807) is 0 Å². The first kappa shape index (κ1) is 13.8. The van der Waals surface area contributed by atoms with Crippen LogP contribution in [-0.4, -0.2) is 57.2 Å². The van der Waals surface area contributed by atoms with Gasteiger partial charge in [0.25, 0.3) is 0 Å². The number of hydrogen-bond acceptors (Lipinski definition) is 5. The lowest BCUT2D eigenvalue weighted by Crippen LogP contribution is -2.42. The molecule has 3 unspecified atom stereocenters. The van der Waals surface area contributed by atoms with Gasteiger partial charge >= 0.3 is 5.97 Å². The fourth-order valence-corrected chi connectivity index (χ4v) is 4.82. The van der Waals surface area contributed by atoms with Gasteiger partial charge in [-0.2, -0.15) is 4.31 Å². The molecule has 1 N–H and O–H groups in total. The van der Waals surface area contributed by atoms with Crippen molar-refractivity contribution in [1.29, 1.82) is 0 Å². The summed E-state index contributed by atoms with van der Waals surface area (Å²) in [6.07, 6.45) is 0.781. The third kappa shape index (κ3) is 2.39. The molecule has 0 spiro atoms. The Balaban J connectivity index is 2.15. The van der Waals surface area contributed by atoms with Crippen molar-refractivity contribution in [2.75, 3.05) is 32.5 Å². The number of esters is 1. The van der Waals surface area contributed by atoms with E-state index in [0.29, 0.717) is 18.4 Å². The van der Waals surface area contributed by atoms with E-state index in [2.05, 4.69) is 10.1 Å². The summed E-state index contributed by atoms with van der Waals surface area (Å²) < 4.78 is 30.4. The van der Waals surface area contributed by atoms with Gasteiger partial charge in [0.05, 0.1) is 7.11 Å². The van der Waals surface area contributed by atoms with Crippen LogP contribution in [0.2, 0.25) is 0 Å². The molecule has 2 rings (SSSR count). The maximum atomic E-state index is 12.2. The van der Waals surface area contributed by atoms with Crippen LogP contribution in [0.25, 0.3) is 0 Å². The van der Waals surface area contributed by atoms with Gasteiger partial charge in [-0.05, 0) is 31.3 Å². The molecular formula is C11H20N2O4S. The molecule has 2 saturated heterocycles. The van der Waals surface area contributed by atoms with E-state index >= 15 is 0 Å². The third-order valence-corrected chi connectivity index (χ3v) is 5.71. The van der Waals surface area contributed by atoms with Gasteiger partial charge in [-0.25, -0.2) is 8.42 Å². The maximum Gasteiger partial charge on any atom is 0.322 e. The van der Waals surface area contributed by atoms with Crippen molar-refractivity contribution >= 4 is 16.0 Å². The molecule has 0 amide bonds. The lowest BCUT2D eigenvalue weighted by atomic mass is 9.93. The summed E-state index contributed by atoms with van der Waals surface area (Å²) in [6.45, 7) is 4.25. The van der Waals surface area contributed by atoms with E-state index in [0.717, 1.165) is 19.5 Å². The summed E-state index contributed by atoms with van der Waals surface area (Å²) in [5.74, 6) is -0.489. The highest BCUT2D eigenvalue weighted by atomic mass is 32.2. The van der Waals surface area contributed by atoms with E-state index in [-0.39, 0.29) is 6.04 Å². The Morgan fingerprint density at radius 3 is 2.78 bits per heavy atom. The Morgan fingerprint density at radius 1 is 1.44 bits per heavy atom. The number of methoxy groups -OCH3 is 1. The van der Waals surface area contributed by atoms with Gasteiger partial charge in [-0.1, -0.05) is 6.92 Å². The topological polar surface area (TPSA) is 75.7 Å².